The van der Waals surface area contributed by atoms with Crippen LogP contribution in [0.15, 0.2) is 59.5 Å². The summed E-state index contributed by atoms with van der Waals surface area (Å²) >= 11 is 0. The molecule has 0 aliphatic carbocycles. The Morgan fingerprint density at radius 2 is 1.75 bits per heavy atom. The van der Waals surface area contributed by atoms with Crippen molar-refractivity contribution >= 4 is 16.7 Å². The van der Waals surface area contributed by atoms with Gasteiger partial charge in [-0.3, -0.25) is 9.00 Å². The number of hydrogen-bond donors (Lipinski definition) is 2. The van der Waals surface area contributed by atoms with Gasteiger partial charge in [-0.15, -0.1) is 0 Å². The average molecular weight is 345 g/mol. The highest BCUT2D eigenvalue weighted by Gasteiger charge is 2.18. The zero-order valence-corrected chi connectivity index (χ0v) is 14.8. The number of aliphatic hydroxyl groups excluding tert-OH is 1. The average Bonchev–Trinajstić information content (AvgIpc) is 2.61. The lowest BCUT2D eigenvalue weighted by Gasteiger charge is -2.19. The first-order chi connectivity index (χ1) is 11.5. The molecule has 2 rings (SSSR count). The molecule has 1 amide bonds. The lowest BCUT2D eigenvalue weighted by Crippen LogP contribution is -2.34. The smallest absolute Gasteiger partial charge is 0.252 e. The second-order valence-corrected chi connectivity index (χ2v) is 7.38. The second-order valence-electron chi connectivity index (χ2n) is 5.67. The fourth-order valence-electron chi connectivity index (χ4n) is 2.51. The van der Waals surface area contributed by atoms with Crippen LogP contribution in [-0.2, 0) is 10.8 Å². The Labute approximate surface area is 145 Å². The van der Waals surface area contributed by atoms with Gasteiger partial charge in [0, 0.05) is 11.8 Å². The van der Waals surface area contributed by atoms with E-state index in [1.54, 1.807) is 24.3 Å². The Kier molecular flexibility index (Phi) is 6.70. The third kappa shape index (κ3) is 4.76. The summed E-state index contributed by atoms with van der Waals surface area (Å²) in [6.45, 7) is 3.67. The van der Waals surface area contributed by atoms with Crippen LogP contribution in [0.4, 0.5) is 0 Å². The van der Waals surface area contributed by atoms with Crippen LogP contribution in [-0.4, -0.2) is 27.0 Å². The molecule has 24 heavy (non-hydrogen) atoms. The Morgan fingerprint density at radius 3 is 2.42 bits per heavy atom. The number of nitrogens with one attached hydrogen (secondary N) is 1. The molecule has 2 N–H and O–H groups in total. The molecule has 0 heterocycles. The van der Waals surface area contributed by atoms with Gasteiger partial charge in [0.25, 0.3) is 5.91 Å². The summed E-state index contributed by atoms with van der Waals surface area (Å²) in [5.74, 6) is 0.201. The summed E-state index contributed by atoms with van der Waals surface area (Å²) in [4.78, 5) is 13.0. The van der Waals surface area contributed by atoms with Gasteiger partial charge in [-0.25, -0.2) is 0 Å². The molecule has 2 aromatic rings. The summed E-state index contributed by atoms with van der Waals surface area (Å²) in [5, 5.41) is 13.1. The number of carbonyl (C=O) groups is 1. The Hall–Kier alpha value is -1.98. The van der Waals surface area contributed by atoms with E-state index in [0.29, 0.717) is 22.6 Å². The molecule has 0 spiro atoms. The summed E-state index contributed by atoms with van der Waals surface area (Å²) in [7, 11) is -1.19. The van der Waals surface area contributed by atoms with Crippen LogP contribution in [0.5, 0.6) is 0 Å². The number of amides is 1. The topological polar surface area (TPSA) is 66.4 Å². The zero-order valence-electron chi connectivity index (χ0n) is 13.9. The predicted molar refractivity (Wildman–Crippen MR) is 96.3 cm³/mol. The summed E-state index contributed by atoms with van der Waals surface area (Å²) in [6.07, 6.45) is -0.226. The van der Waals surface area contributed by atoms with Crippen molar-refractivity contribution in [2.45, 2.75) is 37.3 Å². The van der Waals surface area contributed by atoms with Gasteiger partial charge in [-0.1, -0.05) is 49.4 Å². The van der Waals surface area contributed by atoms with Crippen molar-refractivity contribution < 1.29 is 14.1 Å². The standard InChI is InChI=1S/C19H23NO3S/c1-3-24(23)18-12-8-7-11-16(18)19(22)20-14(2)13-17(21)15-9-5-4-6-10-15/h4-12,14,17,21H,3,13H2,1-2H3,(H,20,22). The van der Waals surface area contributed by atoms with E-state index in [4.69, 9.17) is 0 Å². The second kappa shape index (κ2) is 8.76. The molecule has 0 aliphatic rings. The van der Waals surface area contributed by atoms with Crippen LogP contribution >= 0.6 is 0 Å². The van der Waals surface area contributed by atoms with E-state index in [9.17, 15) is 14.1 Å². The van der Waals surface area contributed by atoms with Crippen molar-refractivity contribution in [3.63, 3.8) is 0 Å². The van der Waals surface area contributed by atoms with E-state index < -0.39 is 16.9 Å². The quantitative estimate of drug-likeness (QED) is 0.810. The number of hydrogen-bond acceptors (Lipinski definition) is 3. The first-order valence-corrected chi connectivity index (χ1v) is 9.36. The highest BCUT2D eigenvalue weighted by molar-refractivity contribution is 7.85. The van der Waals surface area contributed by atoms with Gasteiger partial charge in [0.15, 0.2) is 0 Å². The van der Waals surface area contributed by atoms with Gasteiger partial charge in [-0.05, 0) is 31.0 Å². The fourth-order valence-corrected chi connectivity index (χ4v) is 3.46. The van der Waals surface area contributed by atoms with E-state index in [0.717, 1.165) is 5.56 Å². The molecule has 0 radical (unpaired) electrons. The molecule has 128 valence electrons. The molecule has 0 saturated heterocycles. The summed E-state index contributed by atoms with van der Waals surface area (Å²) in [5.41, 5.74) is 1.25. The highest BCUT2D eigenvalue weighted by Crippen LogP contribution is 2.19. The molecule has 0 fully saturated rings. The van der Waals surface area contributed by atoms with E-state index in [1.165, 1.54) is 0 Å². The normalized spacial score (nSPS) is 14.6. The third-order valence-corrected chi connectivity index (χ3v) is 5.15. The molecular weight excluding hydrogens is 322 g/mol. The lowest BCUT2D eigenvalue weighted by atomic mass is 10.0. The van der Waals surface area contributed by atoms with Crippen LogP contribution in [0.25, 0.3) is 0 Å². The zero-order chi connectivity index (χ0) is 17.5. The van der Waals surface area contributed by atoms with Gasteiger partial charge >= 0.3 is 0 Å². The van der Waals surface area contributed by atoms with Crippen molar-refractivity contribution in [2.75, 3.05) is 5.75 Å². The van der Waals surface area contributed by atoms with Gasteiger partial charge < -0.3 is 10.4 Å². The largest absolute Gasteiger partial charge is 0.388 e. The SMILES string of the molecule is CCS(=O)c1ccccc1C(=O)NC(C)CC(O)c1ccccc1. The maximum absolute atomic E-state index is 12.5. The third-order valence-electron chi connectivity index (χ3n) is 3.78. The van der Waals surface area contributed by atoms with Crippen LogP contribution in [0.3, 0.4) is 0 Å². The lowest BCUT2D eigenvalue weighted by molar-refractivity contribution is 0.0914. The fraction of sp³-hybridized carbons (Fsp3) is 0.316. The molecule has 5 heteroatoms. The molecule has 0 aromatic heterocycles. The van der Waals surface area contributed by atoms with Gasteiger partial charge in [0.1, 0.15) is 0 Å². The number of rotatable bonds is 7. The monoisotopic (exact) mass is 345 g/mol. The molecule has 0 aliphatic heterocycles. The first kappa shape index (κ1) is 18.4. The Bertz CT molecular complexity index is 703. The highest BCUT2D eigenvalue weighted by atomic mass is 32.2. The Balaban J connectivity index is 2.03. The van der Waals surface area contributed by atoms with Crippen LogP contribution in [0, 0.1) is 0 Å². The van der Waals surface area contributed by atoms with Gasteiger partial charge in [0.05, 0.1) is 27.4 Å². The van der Waals surface area contributed by atoms with Crippen molar-refractivity contribution in [3.05, 3.63) is 65.7 Å². The minimum atomic E-state index is -1.19. The number of aliphatic hydroxyl groups is 1. The van der Waals surface area contributed by atoms with E-state index >= 15 is 0 Å². The van der Waals surface area contributed by atoms with E-state index in [-0.39, 0.29) is 11.9 Å². The minimum absolute atomic E-state index is 0.212. The minimum Gasteiger partial charge on any atom is -0.388 e. The summed E-state index contributed by atoms with van der Waals surface area (Å²) < 4.78 is 12.1. The molecule has 0 bridgehead atoms. The molecule has 0 saturated carbocycles. The van der Waals surface area contributed by atoms with Crippen LogP contribution < -0.4 is 5.32 Å². The molecule has 4 nitrogen and oxygen atoms in total. The molecular formula is C19H23NO3S. The van der Waals surface area contributed by atoms with Gasteiger partial charge in [0.2, 0.25) is 0 Å². The molecule has 3 unspecified atom stereocenters. The number of benzene rings is 2. The van der Waals surface area contributed by atoms with E-state index in [1.807, 2.05) is 44.2 Å². The van der Waals surface area contributed by atoms with E-state index in [2.05, 4.69) is 5.32 Å². The predicted octanol–water partition coefficient (Wildman–Crippen LogP) is 3.06. The molecule has 2 aromatic carbocycles. The van der Waals surface area contributed by atoms with Crippen LogP contribution in [0.1, 0.15) is 42.3 Å². The number of carbonyl (C=O) groups excluding carboxylic acids is 1. The van der Waals surface area contributed by atoms with Crippen molar-refractivity contribution in [1.82, 2.24) is 5.32 Å². The summed E-state index contributed by atoms with van der Waals surface area (Å²) in [6, 6.07) is 16.1. The maximum atomic E-state index is 12.5. The van der Waals surface area contributed by atoms with Crippen molar-refractivity contribution in [1.29, 1.82) is 0 Å². The first-order valence-electron chi connectivity index (χ1n) is 8.04. The van der Waals surface area contributed by atoms with Gasteiger partial charge in [-0.2, -0.15) is 0 Å². The van der Waals surface area contributed by atoms with Crippen molar-refractivity contribution in [2.24, 2.45) is 0 Å². The van der Waals surface area contributed by atoms with Crippen LogP contribution in [0.2, 0.25) is 0 Å². The van der Waals surface area contributed by atoms with Crippen molar-refractivity contribution in [3.8, 4) is 0 Å². The molecule has 3 atom stereocenters. The maximum Gasteiger partial charge on any atom is 0.252 e. The Morgan fingerprint density at radius 1 is 1.12 bits per heavy atom.